The van der Waals surface area contributed by atoms with E-state index in [1.807, 2.05) is 27.7 Å². The highest BCUT2D eigenvalue weighted by atomic mass is 32.2. The molecular formula is C22H23FN2O3S. The molecule has 3 aromatic rings. The van der Waals surface area contributed by atoms with E-state index in [4.69, 9.17) is 9.15 Å². The molecule has 29 heavy (non-hydrogen) atoms. The number of hydrogen-bond acceptors (Lipinski definition) is 6. The lowest BCUT2D eigenvalue weighted by Gasteiger charge is -2.13. The van der Waals surface area contributed by atoms with E-state index in [1.165, 1.54) is 36.0 Å². The highest BCUT2D eigenvalue weighted by molar-refractivity contribution is 7.99. The number of ketones is 1. The van der Waals surface area contributed by atoms with Crippen molar-refractivity contribution in [3.05, 3.63) is 69.9 Å². The van der Waals surface area contributed by atoms with E-state index in [0.717, 1.165) is 27.8 Å². The average Bonchev–Trinajstić information content (AvgIpc) is 3.16. The smallest absolute Gasteiger partial charge is 0.277 e. The van der Waals surface area contributed by atoms with E-state index < -0.39 is 6.10 Å². The van der Waals surface area contributed by atoms with Crippen LogP contribution in [0.3, 0.4) is 0 Å². The van der Waals surface area contributed by atoms with Gasteiger partial charge in [-0.05, 0) is 81.1 Å². The van der Waals surface area contributed by atoms with Gasteiger partial charge < -0.3 is 9.15 Å². The van der Waals surface area contributed by atoms with Crippen LogP contribution in [0.2, 0.25) is 0 Å². The van der Waals surface area contributed by atoms with Crippen molar-refractivity contribution >= 4 is 17.5 Å². The van der Waals surface area contributed by atoms with Gasteiger partial charge in [0.15, 0.2) is 11.9 Å². The molecule has 0 aliphatic carbocycles. The number of carbonyl (C=O) groups excluding carboxylic acids is 1. The summed E-state index contributed by atoms with van der Waals surface area (Å²) in [5.74, 6) is 0.706. The Morgan fingerprint density at radius 1 is 1.10 bits per heavy atom. The van der Waals surface area contributed by atoms with Crippen molar-refractivity contribution in [2.75, 3.05) is 5.75 Å². The second kappa shape index (κ2) is 8.78. The third kappa shape index (κ3) is 4.85. The number of halogens is 1. The second-order valence-electron chi connectivity index (χ2n) is 6.97. The van der Waals surface area contributed by atoms with Gasteiger partial charge in [-0.3, -0.25) is 4.79 Å². The molecule has 0 aliphatic rings. The molecule has 0 radical (unpaired) electrons. The Morgan fingerprint density at radius 2 is 1.72 bits per heavy atom. The molecule has 0 bridgehead atoms. The zero-order valence-corrected chi connectivity index (χ0v) is 17.9. The fourth-order valence-electron chi connectivity index (χ4n) is 3.05. The van der Waals surface area contributed by atoms with Crippen molar-refractivity contribution in [3.63, 3.8) is 0 Å². The Bertz CT molecular complexity index is 1010. The minimum absolute atomic E-state index is 0.0344. The zero-order chi connectivity index (χ0) is 21.1. The van der Waals surface area contributed by atoms with E-state index in [2.05, 4.69) is 16.3 Å². The number of aryl methyl sites for hydroxylation is 2. The van der Waals surface area contributed by atoms with Crippen molar-refractivity contribution in [1.29, 1.82) is 0 Å². The van der Waals surface area contributed by atoms with Crippen molar-refractivity contribution in [2.24, 2.45) is 0 Å². The van der Waals surface area contributed by atoms with Crippen LogP contribution in [0.25, 0.3) is 0 Å². The molecule has 7 heteroatoms. The number of ether oxygens (including phenoxy) is 1. The average molecular weight is 415 g/mol. The summed E-state index contributed by atoms with van der Waals surface area (Å²) in [5, 5.41) is 8.30. The highest BCUT2D eigenvalue weighted by Gasteiger charge is 2.19. The lowest BCUT2D eigenvalue weighted by Crippen LogP contribution is -2.10. The summed E-state index contributed by atoms with van der Waals surface area (Å²) in [6.07, 6.45) is -0.498. The molecular weight excluding hydrogens is 391 g/mol. The first kappa shape index (κ1) is 21.0. The van der Waals surface area contributed by atoms with Crippen LogP contribution in [0.1, 0.15) is 51.5 Å². The molecule has 0 saturated carbocycles. The number of thioether (sulfide) groups is 1. The molecule has 2 aromatic carbocycles. The lowest BCUT2D eigenvalue weighted by atomic mass is 9.92. The van der Waals surface area contributed by atoms with Crippen LogP contribution in [0.15, 0.2) is 40.0 Å². The van der Waals surface area contributed by atoms with Gasteiger partial charge >= 0.3 is 0 Å². The van der Waals surface area contributed by atoms with Crippen molar-refractivity contribution in [2.45, 2.75) is 45.9 Å². The minimum Gasteiger partial charge on any atom is -0.481 e. The summed E-state index contributed by atoms with van der Waals surface area (Å²) in [6.45, 7) is 9.73. The van der Waals surface area contributed by atoms with Gasteiger partial charge in [0.25, 0.3) is 11.1 Å². The van der Waals surface area contributed by atoms with Crippen molar-refractivity contribution < 1.29 is 18.3 Å². The van der Waals surface area contributed by atoms with Gasteiger partial charge in [-0.15, -0.1) is 10.2 Å². The standard InChI is InChI=1S/C22H23FN2O3S/c1-12-10-13(2)15(4)20(14(12)3)19(26)11-29-22-25-24-21(28-22)16(5)27-18-8-6-17(23)7-9-18/h6-10,16H,11H2,1-5H3/t16-/m0/s1. The zero-order valence-electron chi connectivity index (χ0n) is 17.1. The van der Waals surface area contributed by atoms with Crippen molar-refractivity contribution in [3.8, 4) is 5.75 Å². The number of nitrogens with zero attached hydrogens (tertiary/aromatic N) is 2. The van der Waals surface area contributed by atoms with Crippen LogP contribution < -0.4 is 4.74 Å². The maximum atomic E-state index is 13.0. The number of rotatable bonds is 7. The third-order valence-electron chi connectivity index (χ3n) is 4.87. The summed E-state index contributed by atoms with van der Waals surface area (Å²) in [7, 11) is 0. The summed E-state index contributed by atoms with van der Waals surface area (Å²) in [6, 6.07) is 7.80. The minimum atomic E-state index is -0.498. The number of hydrogen-bond donors (Lipinski definition) is 0. The molecule has 1 aromatic heterocycles. The van der Waals surface area contributed by atoms with E-state index in [-0.39, 0.29) is 17.4 Å². The maximum absolute atomic E-state index is 13.0. The van der Waals surface area contributed by atoms with Gasteiger partial charge in [-0.1, -0.05) is 17.8 Å². The maximum Gasteiger partial charge on any atom is 0.277 e. The number of aromatic nitrogens is 2. The van der Waals surface area contributed by atoms with E-state index >= 15 is 0 Å². The van der Waals surface area contributed by atoms with Gasteiger partial charge in [-0.25, -0.2) is 4.39 Å². The van der Waals surface area contributed by atoms with Crippen LogP contribution in [0, 0.1) is 33.5 Å². The summed E-state index contributed by atoms with van der Waals surface area (Å²) in [5.41, 5.74) is 4.99. The molecule has 0 aliphatic heterocycles. The molecule has 0 spiro atoms. The van der Waals surface area contributed by atoms with Crippen LogP contribution in [-0.2, 0) is 0 Å². The largest absolute Gasteiger partial charge is 0.481 e. The Hall–Kier alpha value is -2.67. The van der Waals surface area contributed by atoms with Crippen molar-refractivity contribution in [1.82, 2.24) is 10.2 Å². The number of benzene rings is 2. The van der Waals surface area contributed by atoms with Crippen LogP contribution in [-0.4, -0.2) is 21.7 Å². The SMILES string of the molecule is Cc1cc(C)c(C)c(C(=O)CSc2nnc([C@H](C)Oc3ccc(F)cc3)o2)c1C. The molecule has 0 amide bonds. The fourth-order valence-corrected chi connectivity index (χ4v) is 3.69. The first-order valence-electron chi connectivity index (χ1n) is 9.25. The number of Topliss-reactive ketones (excluding diaryl/α,β-unsaturated/α-hetero) is 1. The molecule has 5 nitrogen and oxygen atoms in total. The molecule has 1 atom stereocenters. The Balaban J connectivity index is 1.65. The lowest BCUT2D eigenvalue weighted by molar-refractivity contribution is 0.102. The van der Waals surface area contributed by atoms with Gasteiger partial charge in [0.05, 0.1) is 5.75 Å². The van der Waals surface area contributed by atoms with Gasteiger partial charge in [0.2, 0.25) is 0 Å². The third-order valence-corrected chi connectivity index (χ3v) is 5.69. The summed E-state index contributed by atoms with van der Waals surface area (Å²) in [4.78, 5) is 12.8. The van der Waals surface area contributed by atoms with E-state index in [1.54, 1.807) is 6.92 Å². The van der Waals surface area contributed by atoms with E-state index in [9.17, 15) is 9.18 Å². The molecule has 0 N–H and O–H groups in total. The Kier molecular flexibility index (Phi) is 6.37. The second-order valence-corrected chi connectivity index (χ2v) is 7.89. The molecule has 1 heterocycles. The first-order chi connectivity index (χ1) is 13.8. The first-order valence-corrected chi connectivity index (χ1v) is 10.2. The highest BCUT2D eigenvalue weighted by Crippen LogP contribution is 2.27. The normalized spacial score (nSPS) is 12.1. The molecule has 0 unspecified atom stereocenters. The predicted octanol–water partition coefficient (Wildman–Crippen LogP) is 5.56. The van der Waals surface area contributed by atoms with E-state index in [0.29, 0.717) is 16.9 Å². The van der Waals surface area contributed by atoms with Crippen LogP contribution in [0.4, 0.5) is 4.39 Å². The topological polar surface area (TPSA) is 65.2 Å². The predicted molar refractivity (Wildman–Crippen MR) is 110 cm³/mol. The molecule has 0 saturated heterocycles. The quantitative estimate of drug-likeness (QED) is 0.373. The summed E-state index contributed by atoms with van der Waals surface area (Å²) < 4.78 is 24.3. The Labute approximate surface area is 173 Å². The molecule has 0 fully saturated rings. The molecule has 152 valence electrons. The van der Waals surface area contributed by atoms with Gasteiger partial charge in [0.1, 0.15) is 11.6 Å². The molecule has 3 rings (SSSR count). The van der Waals surface area contributed by atoms with Gasteiger partial charge in [-0.2, -0.15) is 0 Å². The van der Waals surface area contributed by atoms with Crippen LogP contribution >= 0.6 is 11.8 Å². The monoisotopic (exact) mass is 414 g/mol. The fraction of sp³-hybridized carbons (Fsp3) is 0.318. The summed E-state index contributed by atoms with van der Waals surface area (Å²) >= 11 is 1.20. The Morgan fingerprint density at radius 3 is 2.34 bits per heavy atom. The van der Waals surface area contributed by atoms with Gasteiger partial charge in [0, 0.05) is 5.56 Å². The number of carbonyl (C=O) groups is 1. The van der Waals surface area contributed by atoms with Crippen LogP contribution in [0.5, 0.6) is 5.75 Å².